The van der Waals surface area contributed by atoms with E-state index in [1.54, 1.807) is 6.07 Å². The van der Waals surface area contributed by atoms with Gasteiger partial charge >= 0.3 is 5.97 Å². The summed E-state index contributed by atoms with van der Waals surface area (Å²) in [6.07, 6.45) is 0. The third-order valence-corrected chi connectivity index (χ3v) is 3.81. The van der Waals surface area contributed by atoms with E-state index in [2.05, 4.69) is 15.9 Å². The second-order valence-electron chi connectivity index (χ2n) is 4.89. The maximum absolute atomic E-state index is 10.7. The van der Waals surface area contributed by atoms with Gasteiger partial charge in [-0.2, -0.15) is 0 Å². The standard InChI is InChI=1S/C18H13BrO4/c19-14-5-1-12(2-6-14)13-3-7-15(8-4-13)22-11-16-9-10-17(23-16)18(20)21/h1-10H,11H2,(H,20,21). The van der Waals surface area contributed by atoms with E-state index in [0.29, 0.717) is 11.5 Å². The van der Waals surface area contributed by atoms with Crippen molar-refractivity contribution in [2.45, 2.75) is 6.61 Å². The maximum Gasteiger partial charge on any atom is 0.371 e. The third kappa shape index (κ3) is 3.81. The van der Waals surface area contributed by atoms with Crippen molar-refractivity contribution in [3.05, 3.63) is 76.7 Å². The summed E-state index contributed by atoms with van der Waals surface area (Å²) < 4.78 is 11.8. The van der Waals surface area contributed by atoms with E-state index in [0.717, 1.165) is 15.6 Å². The summed E-state index contributed by atoms with van der Waals surface area (Å²) >= 11 is 3.42. The second-order valence-corrected chi connectivity index (χ2v) is 5.81. The minimum atomic E-state index is -1.09. The second kappa shape index (κ2) is 6.71. The molecule has 116 valence electrons. The average molecular weight is 373 g/mol. The molecule has 1 aromatic heterocycles. The highest BCUT2D eigenvalue weighted by molar-refractivity contribution is 9.10. The Labute approximate surface area is 141 Å². The maximum atomic E-state index is 10.7. The Kier molecular flexibility index (Phi) is 4.48. The van der Waals surface area contributed by atoms with Crippen LogP contribution in [0.2, 0.25) is 0 Å². The molecule has 5 heteroatoms. The van der Waals surface area contributed by atoms with Gasteiger partial charge in [0.15, 0.2) is 0 Å². The van der Waals surface area contributed by atoms with Crippen LogP contribution in [-0.4, -0.2) is 11.1 Å². The molecule has 2 aromatic carbocycles. The summed E-state index contributed by atoms with van der Waals surface area (Å²) in [5, 5.41) is 8.80. The number of ether oxygens (including phenoxy) is 1. The molecule has 3 rings (SSSR count). The smallest absolute Gasteiger partial charge is 0.371 e. The molecular formula is C18H13BrO4. The Balaban J connectivity index is 1.65. The number of aromatic carboxylic acids is 1. The Morgan fingerprint density at radius 3 is 2.13 bits per heavy atom. The summed E-state index contributed by atoms with van der Waals surface area (Å²) in [7, 11) is 0. The number of furan rings is 1. The molecule has 0 aliphatic rings. The lowest BCUT2D eigenvalue weighted by Gasteiger charge is -2.06. The topological polar surface area (TPSA) is 59.7 Å². The molecule has 3 aromatic rings. The largest absolute Gasteiger partial charge is 0.486 e. The van der Waals surface area contributed by atoms with Gasteiger partial charge in [-0.3, -0.25) is 0 Å². The minimum Gasteiger partial charge on any atom is -0.486 e. The third-order valence-electron chi connectivity index (χ3n) is 3.29. The molecule has 0 bridgehead atoms. The fraction of sp³-hybridized carbons (Fsp3) is 0.0556. The molecule has 0 aliphatic heterocycles. The highest BCUT2D eigenvalue weighted by atomic mass is 79.9. The van der Waals surface area contributed by atoms with Gasteiger partial charge in [0.2, 0.25) is 5.76 Å². The number of hydrogen-bond acceptors (Lipinski definition) is 3. The lowest BCUT2D eigenvalue weighted by molar-refractivity contribution is 0.0658. The van der Waals surface area contributed by atoms with Gasteiger partial charge in [0, 0.05) is 4.47 Å². The molecule has 0 saturated carbocycles. The molecule has 0 fully saturated rings. The monoisotopic (exact) mass is 372 g/mol. The molecule has 0 aliphatic carbocycles. The van der Waals surface area contributed by atoms with Crippen molar-refractivity contribution in [3.8, 4) is 16.9 Å². The first kappa shape index (κ1) is 15.4. The predicted octanol–water partition coefficient (Wildman–Crippen LogP) is 4.99. The molecule has 1 heterocycles. The molecular weight excluding hydrogens is 360 g/mol. The van der Waals surface area contributed by atoms with Crippen molar-refractivity contribution in [1.29, 1.82) is 0 Å². The van der Waals surface area contributed by atoms with Gasteiger partial charge in [-0.05, 0) is 47.5 Å². The number of carboxylic acids is 1. The van der Waals surface area contributed by atoms with Crippen molar-refractivity contribution >= 4 is 21.9 Å². The Morgan fingerprint density at radius 2 is 1.57 bits per heavy atom. The van der Waals surface area contributed by atoms with Crippen molar-refractivity contribution in [3.63, 3.8) is 0 Å². The quantitative estimate of drug-likeness (QED) is 0.685. The summed E-state index contributed by atoms with van der Waals surface area (Å²) in [5.41, 5.74) is 2.22. The van der Waals surface area contributed by atoms with Crippen LogP contribution in [-0.2, 0) is 6.61 Å². The van der Waals surface area contributed by atoms with Gasteiger partial charge in [-0.25, -0.2) is 4.79 Å². The van der Waals surface area contributed by atoms with Crippen molar-refractivity contribution < 1.29 is 19.1 Å². The van der Waals surface area contributed by atoms with E-state index in [1.165, 1.54) is 6.07 Å². The van der Waals surface area contributed by atoms with Crippen LogP contribution in [0.1, 0.15) is 16.3 Å². The van der Waals surface area contributed by atoms with E-state index in [-0.39, 0.29) is 12.4 Å². The predicted molar refractivity (Wildman–Crippen MR) is 89.6 cm³/mol. The lowest BCUT2D eigenvalue weighted by atomic mass is 10.1. The van der Waals surface area contributed by atoms with Crippen molar-refractivity contribution in [2.24, 2.45) is 0 Å². The Bertz CT molecular complexity index is 804. The molecule has 23 heavy (non-hydrogen) atoms. The van der Waals surface area contributed by atoms with E-state index in [1.807, 2.05) is 48.5 Å². The van der Waals surface area contributed by atoms with Crippen LogP contribution in [0.4, 0.5) is 0 Å². The highest BCUT2D eigenvalue weighted by Crippen LogP contribution is 2.24. The van der Waals surface area contributed by atoms with E-state index >= 15 is 0 Å². The van der Waals surface area contributed by atoms with Crippen LogP contribution in [0.25, 0.3) is 11.1 Å². The van der Waals surface area contributed by atoms with Gasteiger partial charge in [-0.15, -0.1) is 0 Å². The summed E-state index contributed by atoms with van der Waals surface area (Å²) in [6, 6.07) is 18.8. The van der Waals surface area contributed by atoms with Gasteiger partial charge in [0.05, 0.1) is 0 Å². The van der Waals surface area contributed by atoms with Crippen LogP contribution < -0.4 is 4.74 Å². The molecule has 0 spiro atoms. The molecule has 0 radical (unpaired) electrons. The zero-order valence-electron chi connectivity index (χ0n) is 12.0. The number of rotatable bonds is 5. The Morgan fingerprint density at radius 1 is 0.957 bits per heavy atom. The van der Waals surface area contributed by atoms with Crippen LogP contribution in [0, 0.1) is 0 Å². The van der Waals surface area contributed by atoms with Crippen LogP contribution in [0.15, 0.2) is 69.6 Å². The molecule has 0 amide bonds. The summed E-state index contributed by atoms with van der Waals surface area (Å²) in [6.45, 7) is 0.185. The number of carbonyl (C=O) groups is 1. The van der Waals surface area contributed by atoms with Crippen LogP contribution in [0.3, 0.4) is 0 Å². The number of carboxylic acid groups (broad SMARTS) is 1. The first-order chi connectivity index (χ1) is 11.1. The van der Waals surface area contributed by atoms with Gasteiger partial charge in [0.1, 0.15) is 18.1 Å². The van der Waals surface area contributed by atoms with Gasteiger partial charge < -0.3 is 14.3 Å². The zero-order chi connectivity index (χ0) is 16.2. The summed E-state index contributed by atoms with van der Waals surface area (Å²) in [4.78, 5) is 10.7. The molecule has 0 saturated heterocycles. The molecule has 0 unspecified atom stereocenters. The highest BCUT2D eigenvalue weighted by Gasteiger charge is 2.09. The number of benzene rings is 2. The first-order valence-electron chi connectivity index (χ1n) is 6.92. The summed E-state index contributed by atoms with van der Waals surface area (Å²) in [5.74, 6) is -0.0113. The van der Waals surface area contributed by atoms with E-state index in [9.17, 15) is 4.79 Å². The number of hydrogen-bond donors (Lipinski definition) is 1. The Hall–Kier alpha value is -2.53. The molecule has 1 N–H and O–H groups in total. The number of halogens is 1. The molecule has 0 atom stereocenters. The average Bonchev–Trinajstić information content (AvgIpc) is 3.04. The first-order valence-corrected chi connectivity index (χ1v) is 7.72. The van der Waals surface area contributed by atoms with E-state index in [4.69, 9.17) is 14.3 Å². The molecule has 4 nitrogen and oxygen atoms in total. The van der Waals surface area contributed by atoms with Gasteiger partial charge in [-0.1, -0.05) is 40.2 Å². The fourth-order valence-corrected chi connectivity index (χ4v) is 2.38. The lowest BCUT2D eigenvalue weighted by Crippen LogP contribution is -1.95. The van der Waals surface area contributed by atoms with Crippen molar-refractivity contribution in [1.82, 2.24) is 0 Å². The van der Waals surface area contributed by atoms with E-state index < -0.39 is 5.97 Å². The normalized spacial score (nSPS) is 10.5. The SMILES string of the molecule is O=C(O)c1ccc(COc2ccc(-c3ccc(Br)cc3)cc2)o1. The van der Waals surface area contributed by atoms with Crippen LogP contribution in [0.5, 0.6) is 5.75 Å². The van der Waals surface area contributed by atoms with Crippen molar-refractivity contribution in [2.75, 3.05) is 0 Å². The fourth-order valence-electron chi connectivity index (χ4n) is 2.11. The minimum absolute atomic E-state index is 0.0887. The van der Waals surface area contributed by atoms with Crippen LogP contribution >= 0.6 is 15.9 Å². The van der Waals surface area contributed by atoms with Gasteiger partial charge in [0.25, 0.3) is 0 Å². The zero-order valence-corrected chi connectivity index (χ0v) is 13.6.